The number of halogens is 3. The molecule has 0 amide bonds. The van der Waals surface area contributed by atoms with E-state index in [2.05, 4.69) is 93.0 Å². The molecule has 0 fully saturated rings. The maximum atomic E-state index is 8.73. The molecule has 6 aromatic carbocycles. The van der Waals surface area contributed by atoms with Gasteiger partial charge in [0.05, 0.1) is 0 Å². The minimum absolute atomic E-state index is 0.488. The second-order valence-electron chi connectivity index (χ2n) is 11.0. The Balaban J connectivity index is 0.000000146. The van der Waals surface area contributed by atoms with Crippen LogP contribution >= 0.6 is 54.5 Å². The quantitative estimate of drug-likeness (QED) is 0.125. The average molecular weight is 926 g/mol. The van der Waals surface area contributed by atoms with E-state index in [0.717, 1.165) is 37.9 Å². The molecule has 0 bridgehead atoms. The Hall–Kier alpha value is -4.73. The Labute approximate surface area is 331 Å². The largest absolute Gasteiger partial charge is 0.489 e. The lowest BCUT2D eigenvalue weighted by atomic mass is 9.80. The predicted octanol–water partition coefficient (Wildman–Crippen LogP) is 9.97. The van der Waals surface area contributed by atoms with Crippen molar-refractivity contribution in [2.45, 2.75) is 0 Å². The van der Waals surface area contributed by atoms with E-state index >= 15 is 0 Å². The smallest absolute Gasteiger partial charge is 0.423 e. The molecule has 256 valence electrons. The second kappa shape index (κ2) is 18.2. The molecule has 0 aliphatic carbocycles. The summed E-state index contributed by atoms with van der Waals surface area (Å²) < 4.78 is 14.4. The summed E-state index contributed by atoms with van der Waals surface area (Å²) in [5.74, 6) is 2.14. The van der Waals surface area contributed by atoms with Gasteiger partial charge in [-0.15, -0.1) is 20.4 Å². The molecular weight excluding hydrogens is 898 g/mol. The predicted molar refractivity (Wildman–Crippen MR) is 220 cm³/mol. The van der Waals surface area contributed by atoms with Crippen LogP contribution in [0.1, 0.15) is 0 Å². The molecule has 0 aliphatic rings. The van der Waals surface area contributed by atoms with Gasteiger partial charge in [0.1, 0.15) is 0 Å². The molecule has 0 saturated carbocycles. The van der Waals surface area contributed by atoms with Gasteiger partial charge in [-0.1, -0.05) is 117 Å². The molecule has 0 spiro atoms. The molecule has 2 aromatic heterocycles. The summed E-state index contributed by atoms with van der Waals surface area (Å²) in [4.78, 5) is 0. The topological polar surface area (TPSA) is 118 Å². The van der Waals surface area contributed by atoms with Gasteiger partial charge < -0.3 is 18.9 Å². The van der Waals surface area contributed by atoms with Gasteiger partial charge in [0, 0.05) is 34.8 Å². The molecular formula is C40H28BBr2IN4O4. The van der Waals surface area contributed by atoms with Crippen molar-refractivity contribution in [3.8, 4) is 56.9 Å². The van der Waals surface area contributed by atoms with E-state index in [1.165, 1.54) is 3.57 Å². The number of rotatable bonds is 6. The lowest BCUT2D eigenvalue weighted by molar-refractivity contribution is 0.425. The lowest BCUT2D eigenvalue weighted by Crippen LogP contribution is -2.30. The van der Waals surface area contributed by atoms with Crippen LogP contribution in [0.25, 0.3) is 56.9 Å². The Kier molecular flexibility index (Phi) is 12.9. The van der Waals surface area contributed by atoms with Gasteiger partial charge in [0.15, 0.2) is 0 Å². The van der Waals surface area contributed by atoms with E-state index in [1.54, 1.807) is 18.2 Å². The molecule has 12 heteroatoms. The minimum Gasteiger partial charge on any atom is -0.423 e. The van der Waals surface area contributed by atoms with E-state index in [4.69, 9.17) is 18.9 Å². The van der Waals surface area contributed by atoms with Crippen LogP contribution in [0.2, 0.25) is 0 Å². The zero-order chi connectivity index (χ0) is 36.3. The highest BCUT2D eigenvalue weighted by Gasteiger charge is 2.13. The zero-order valence-corrected chi connectivity index (χ0v) is 32.6. The first kappa shape index (κ1) is 37.0. The van der Waals surface area contributed by atoms with Crippen LogP contribution in [0.4, 0.5) is 0 Å². The third-order valence-electron chi connectivity index (χ3n) is 7.48. The van der Waals surface area contributed by atoms with Crippen LogP contribution in [0.3, 0.4) is 0 Å². The van der Waals surface area contributed by atoms with Gasteiger partial charge >= 0.3 is 7.12 Å². The Morgan fingerprint density at radius 2 is 0.788 bits per heavy atom. The Morgan fingerprint density at radius 3 is 1.21 bits per heavy atom. The van der Waals surface area contributed by atoms with Crippen LogP contribution in [0.15, 0.2) is 176 Å². The summed E-state index contributed by atoms with van der Waals surface area (Å²) in [6, 6.07) is 50.7. The van der Waals surface area contributed by atoms with Crippen molar-refractivity contribution in [1.82, 2.24) is 20.4 Å². The van der Waals surface area contributed by atoms with Crippen LogP contribution < -0.4 is 5.46 Å². The van der Waals surface area contributed by atoms with E-state index < -0.39 is 7.12 Å². The fraction of sp³-hybridized carbons (Fsp3) is 0. The highest BCUT2D eigenvalue weighted by atomic mass is 127. The van der Waals surface area contributed by atoms with E-state index in [-0.39, 0.29) is 0 Å². The van der Waals surface area contributed by atoms with Gasteiger partial charge in [-0.2, -0.15) is 0 Å². The van der Waals surface area contributed by atoms with Crippen molar-refractivity contribution in [2.24, 2.45) is 0 Å². The highest BCUT2D eigenvalue weighted by Crippen LogP contribution is 2.30. The van der Waals surface area contributed by atoms with Gasteiger partial charge in [-0.3, -0.25) is 0 Å². The maximum Gasteiger partial charge on any atom is 0.489 e. The first-order valence-electron chi connectivity index (χ1n) is 15.9. The molecule has 0 unspecified atom stereocenters. The molecule has 0 aliphatic heterocycles. The van der Waals surface area contributed by atoms with Crippen molar-refractivity contribution in [3.63, 3.8) is 0 Å². The summed E-state index contributed by atoms with van der Waals surface area (Å²) in [7, 11) is -1.39. The summed E-state index contributed by atoms with van der Waals surface area (Å²) in [6.07, 6.45) is 0. The molecule has 52 heavy (non-hydrogen) atoms. The average Bonchev–Trinajstić information content (AvgIpc) is 3.89. The van der Waals surface area contributed by atoms with Crippen LogP contribution in [-0.4, -0.2) is 37.6 Å². The van der Waals surface area contributed by atoms with Crippen molar-refractivity contribution in [3.05, 3.63) is 170 Å². The van der Waals surface area contributed by atoms with E-state index in [1.807, 2.05) is 121 Å². The van der Waals surface area contributed by atoms with Crippen molar-refractivity contribution < 1.29 is 18.9 Å². The Morgan fingerprint density at radius 1 is 0.423 bits per heavy atom. The van der Waals surface area contributed by atoms with E-state index in [9.17, 15) is 0 Å². The zero-order valence-electron chi connectivity index (χ0n) is 27.2. The molecule has 2 heterocycles. The van der Waals surface area contributed by atoms with Crippen molar-refractivity contribution >= 4 is 67.0 Å². The highest BCUT2D eigenvalue weighted by molar-refractivity contribution is 14.1. The van der Waals surface area contributed by atoms with Crippen LogP contribution in [0.5, 0.6) is 0 Å². The SMILES string of the molecule is Brc1ccccc1-c1ccc(-c2nnc(-c3ccccc3)o2)cc1.Ic1ccc(-c2nnc(-c3ccccc3)o2)cc1.OB(O)c1ccccc1Br. The van der Waals surface area contributed by atoms with Gasteiger partial charge in [0.25, 0.3) is 0 Å². The number of aromatic nitrogens is 4. The Bertz CT molecular complexity index is 2320. The molecule has 0 atom stereocenters. The molecule has 8 rings (SSSR count). The number of nitrogens with zero attached hydrogens (tertiary/aromatic N) is 4. The molecule has 8 nitrogen and oxygen atoms in total. The maximum absolute atomic E-state index is 8.73. The standard InChI is InChI=1S/C20H13BrN2O.C14H9IN2O.C6H6BBrO2/c21-18-9-5-4-8-17(18)14-10-12-16(13-11-14)20-23-22-19(24-20)15-6-2-1-3-7-15;15-12-8-6-11(7-9-12)14-17-16-13(18-14)10-4-2-1-3-5-10;8-6-4-2-1-3-5(6)7(9)10/h1-13H;1-9H;1-4,9-10H. The van der Waals surface area contributed by atoms with Gasteiger partial charge in [-0.05, 0) is 112 Å². The number of benzene rings is 6. The van der Waals surface area contributed by atoms with Crippen LogP contribution in [0, 0.1) is 3.57 Å². The van der Waals surface area contributed by atoms with Crippen molar-refractivity contribution in [1.29, 1.82) is 0 Å². The number of hydrogen-bond donors (Lipinski definition) is 2. The number of hydrogen-bond acceptors (Lipinski definition) is 8. The normalized spacial score (nSPS) is 10.4. The molecule has 2 N–H and O–H groups in total. The van der Waals surface area contributed by atoms with Gasteiger partial charge in [-0.25, -0.2) is 0 Å². The molecule has 0 radical (unpaired) electrons. The summed E-state index contributed by atoms with van der Waals surface area (Å²) in [5, 5.41) is 33.9. The summed E-state index contributed by atoms with van der Waals surface area (Å²) >= 11 is 9.03. The lowest BCUT2D eigenvalue weighted by Gasteiger charge is -2.04. The first-order chi connectivity index (χ1) is 25.4. The second-order valence-corrected chi connectivity index (χ2v) is 14.0. The van der Waals surface area contributed by atoms with Crippen molar-refractivity contribution in [2.75, 3.05) is 0 Å². The monoisotopic (exact) mass is 924 g/mol. The van der Waals surface area contributed by atoms with Gasteiger partial charge in [0.2, 0.25) is 23.6 Å². The van der Waals surface area contributed by atoms with Crippen LogP contribution in [-0.2, 0) is 0 Å². The summed E-state index contributed by atoms with van der Waals surface area (Å²) in [5.41, 5.74) is 6.46. The fourth-order valence-corrected chi connectivity index (χ4v) is 6.20. The third-order valence-corrected chi connectivity index (χ3v) is 9.62. The molecule has 0 saturated heterocycles. The first-order valence-corrected chi connectivity index (χ1v) is 18.5. The van der Waals surface area contributed by atoms with E-state index in [0.29, 0.717) is 33.5 Å². The third kappa shape index (κ3) is 9.78. The molecule has 8 aromatic rings. The fourth-order valence-electron chi connectivity index (χ4n) is 4.84. The summed E-state index contributed by atoms with van der Waals surface area (Å²) in [6.45, 7) is 0. The minimum atomic E-state index is -1.39.